The molecule has 0 heterocycles. The van der Waals surface area contributed by atoms with Crippen molar-refractivity contribution in [1.29, 1.82) is 10.7 Å². The first kappa shape index (κ1) is 8.31. The van der Waals surface area contributed by atoms with E-state index in [4.69, 9.17) is 16.4 Å². The molecule has 2 rings (SSSR count). The summed E-state index contributed by atoms with van der Waals surface area (Å²) in [5.74, 6) is 1.14. The van der Waals surface area contributed by atoms with Crippen molar-refractivity contribution < 1.29 is 0 Å². The van der Waals surface area contributed by atoms with Crippen LogP contribution >= 0.6 is 0 Å². The Morgan fingerprint density at radius 1 is 1.54 bits per heavy atom. The minimum atomic E-state index is 0.0779. The molecular weight excluding hydrogens is 162 g/mol. The molecule has 1 fully saturated rings. The second kappa shape index (κ2) is 2.88. The molecule has 0 aliphatic heterocycles. The number of nitrogens with one attached hydrogen (secondary N) is 1. The first-order chi connectivity index (χ1) is 6.22. The summed E-state index contributed by atoms with van der Waals surface area (Å²) < 4.78 is 0. The number of hydrogen-bond acceptors (Lipinski definition) is 3. The van der Waals surface area contributed by atoms with Gasteiger partial charge in [-0.3, -0.25) is 5.41 Å². The molecule has 2 bridgehead atoms. The molecule has 0 spiro atoms. The Kier molecular flexibility index (Phi) is 1.84. The number of nitrogens with two attached hydrogens (primary N) is 1. The number of rotatable bonds is 1. The maximum Gasteiger partial charge on any atom is 0.137 e. The van der Waals surface area contributed by atoms with E-state index in [2.05, 4.69) is 0 Å². The molecular formula is C10H13N3. The van der Waals surface area contributed by atoms with Crippen molar-refractivity contribution in [1.82, 2.24) is 0 Å². The zero-order valence-electron chi connectivity index (χ0n) is 7.51. The van der Waals surface area contributed by atoms with E-state index < -0.39 is 0 Å². The molecule has 3 heteroatoms. The monoisotopic (exact) mass is 175 g/mol. The van der Waals surface area contributed by atoms with Gasteiger partial charge in [0.1, 0.15) is 11.8 Å². The average Bonchev–Trinajstić information content (AvgIpc) is 2.55. The Morgan fingerprint density at radius 2 is 2.31 bits per heavy atom. The summed E-state index contributed by atoms with van der Waals surface area (Å²) in [6.45, 7) is 0. The summed E-state index contributed by atoms with van der Waals surface area (Å²) in [5, 5.41) is 16.1. The van der Waals surface area contributed by atoms with Crippen LogP contribution in [0, 0.1) is 28.6 Å². The van der Waals surface area contributed by atoms with Crippen molar-refractivity contribution in [2.24, 2.45) is 17.6 Å². The lowest BCUT2D eigenvalue weighted by molar-refractivity contribution is 0.492. The molecule has 68 valence electrons. The van der Waals surface area contributed by atoms with E-state index in [0.717, 1.165) is 24.1 Å². The third-order valence-corrected chi connectivity index (χ3v) is 3.24. The topological polar surface area (TPSA) is 73.7 Å². The average molecular weight is 175 g/mol. The van der Waals surface area contributed by atoms with Gasteiger partial charge >= 0.3 is 0 Å². The third kappa shape index (κ3) is 1.23. The van der Waals surface area contributed by atoms with Gasteiger partial charge in [-0.2, -0.15) is 5.26 Å². The van der Waals surface area contributed by atoms with Gasteiger partial charge in [0, 0.05) is 11.3 Å². The second-order valence-electron chi connectivity index (χ2n) is 4.00. The Hall–Kier alpha value is -1.30. The van der Waals surface area contributed by atoms with E-state index in [1.807, 2.05) is 6.07 Å². The van der Waals surface area contributed by atoms with Crippen molar-refractivity contribution in [3.63, 3.8) is 0 Å². The van der Waals surface area contributed by atoms with Crippen molar-refractivity contribution in [2.45, 2.75) is 25.7 Å². The fraction of sp³-hybridized carbons (Fsp3) is 0.600. The number of hydrogen-bond donors (Lipinski definition) is 2. The summed E-state index contributed by atoms with van der Waals surface area (Å²) >= 11 is 0. The van der Waals surface area contributed by atoms with Gasteiger partial charge in [0.15, 0.2) is 0 Å². The summed E-state index contributed by atoms with van der Waals surface area (Å²) in [6.07, 6.45) is 4.40. The second-order valence-corrected chi connectivity index (χ2v) is 4.00. The largest absolute Gasteiger partial charge is 0.402 e. The molecule has 0 amide bonds. The third-order valence-electron chi connectivity index (χ3n) is 3.24. The highest BCUT2D eigenvalue weighted by Gasteiger charge is 2.34. The number of nitriles is 1. The Balaban J connectivity index is 2.32. The maximum absolute atomic E-state index is 8.63. The zero-order chi connectivity index (χ0) is 9.42. The van der Waals surface area contributed by atoms with Crippen LogP contribution in [0.15, 0.2) is 11.3 Å². The summed E-state index contributed by atoms with van der Waals surface area (Å²) in [5.41, 5.74) is 7.64. The van der Waals surface area contributed by atoms with Gasteiger partial charge < -0.3 is 5.73 Å². The molecule has 0 radical (unpaired) electrons. The molecule has 2 aliphatic rings. The lowest BCUT2D eigenvalue weighted by Gasteiger charge is -2.22. The van der Waals surface area contributed by atoms with Crippen LogP contribution in [-0.4, -0.2) is 5.71 Å². The van der Waals surface area contributed by atoms with Crippen molar-refractivity contribution >= 4 is 5.71 Å². The number of fused-ring (bicyclic) bond motifs is 2. The lowest BCUT2D eigenvalue weighted by Crippen LogP contribution is -2.21. The van der Waals surface area contributed by atoms with E-state index >= 15 is 0 Å². The molecule has 2 atom stereocenters. The smallest absolute Gasteiger partial charge is 0.137 e. The zero-order valence-corrected chi connectivity index (χ0v) is 7.51. The highest BCUT2D eigenvalue weighted by Crippen LogP contribution is 2.43. The standard InChI is InChI=1S/C10H13N3/c11-5-9(12)8-4-6-1-2-7(3-6)10(8)13/h6-7,12H,1-4,13H2. The van der Waals surface area contributed by atoms with Gasteiger partial charge in [0.05, 0.1) is 0 Å². The van der Waals surface area contributed by atoms with Gasteiger partial charge in [-0.1, -0.05) is 0 Å². The van der Waals surface area contributed by atoms with Crippen LogP contribution in [0.25, 0.3) is 0 Å². The molecule has 2 aliphatic carbocycles. The molecule has 13 heavy (non-hydrogen) atoms. The normalized spacial score (nSPS) is 31.6. The summed E-state index contributed by atoms with van der Waals surface area (Å²) in [7, 11) is 0. The Labute approximate surface area is 77.7 Å². The molecule has 0 aromatic carbocycles. The Bertz CT molecular complexity index is 322. The van der Waals surface area contributed by atoms with Gasteiger partial charge in [-0.25, -0.2) is 0 Å². The minimum absolute atomic E-state index is 0.0779. The first-order valence-electron chi connectivity index (χ1n) is 4.70. The van der Waals surface area contributed by atoms with Gasteiger partial charge in [-0.05, 0) is 37.5 Å². The van der Waals surface area contributed by atoms with E-state index in [-0.39, 0.29) is 5.71 Å². The van der Waals surface area contributed by atoms with Crippen LogP contribution < -0.4 is 5.73 Å². The van der Waals surface area contributed by atoms with Gasteiger partial charge in [0.25, 0.3) is 0 Å². The van der Waals surface area contributed by atoms with E-state index in [1.165, 1.54) is 12.8 Å². The molecule has 0 aromatic heterocycles. The van der Waals surface area contributed by atoms with Crippen molar-refractivity contribution in [3.05, 3.63) is 11.3 Å². The number of allylic oxidation sites excluding steroid dienone is 2. The van der Waals surface area contributed by atoms with E-state index in [9.17, 15) is 0 Å². The highest BCUT2D eigenvalue weighted by molar-refractivity contribution is 6.09. The maximum atomic E-state index is 8.63. The summed E-state index contributed by atoms with van der Waals surface area (Å²) in [4.78, 5) is 0. The lowest BCUT2D eigenvalue weighted by atomic mass is 9.85. The highest BCUT2D eigenvalue weighted by atomic mass is 14.7. The van der Waals surface area contributed by atoms with E-state index in [0.29, 0.717) is 11.8 Å². The molecule has 3 nitrogen and oxygen atoms in total. The van der Waals surface area contributed by atoms with Crippen molar-refractivity contribution in [2.75, 3.05) is 0 Å². The minimum Gasteiger partial charge on any atom is -0.402 e. The predicted molar refractivity (Wildman–Crippen MR) is 50.0 cm³/mol. The van der Waals surface area contributed by atoms with Crippen molar-refractivity contribution in [3.8, 4) is 6.07 Å². The van der Waals surface area contributed by atoms with Crippen LogP contribution in [0.5, 0.6) is 0 Å². The SMILES string of the molecule is N#CC(=N)C1=C(N)C2CCC(C1)C2. The summed E-state index contributed by atoms with van der Waals surface area (Å²) in [6, 6.07) is 1.88. The molecule has 2 unspecified atom stereocenters. The van der Waals surface area contributed by atoms with Crippen LogP contribution in [-0.2, 0) is 0 Å². The van der Waals surface area contributed by atoms with Crippen LogP contribution in [0.2, 0.25) is 0 Å². The number of nitrogens with zero attached hydrogens (tertiary/aromatic N) is 1. The first-order valence-corrected chi connectivity index (χ1v) is 4.70. The van der Waals surface area contributed by atoms with Gasteiger partial charge in [0.2, 0.25) is 0 Å². The Morgan fingerprint density at radius 3 is 3.00 bits per heavy atom. The molecule has 0 aromatic rings. The van der Waals surface area contributed by atoms with E-state index in [1.54, 1.807) is 0 Å². The van der Waals surface area contributed by atoms with Crippen LogP contribution in [0.1, 0.15) is 25.7 Å². The van der Waals surface area contributed by atoms with Crippen LogP contribution in [0.4, 0.5) is 0 Å². The van der Waals surface area contributed by atoms with Crippen LogP contribution in [0.3, 0.4) is 0 Å². The molecule has 0 saturated heterocycles. The molecule has 1 saturated carbocycles. The fourth-order valence-electron chi connectivity index (χ4n) is 2.51. The fourth-order valence-corrected chi connectivity index (χ4v) is 2.51. The molecule has 3 N–H and O–H groups in total. The quantitative estimate of drug-likeness (QED) is 0.593. The van der Waals surface area contributed by atoms with Gasteiger partial charge in [-0.15, -0.1) is 0 Å². The predicted octanol–water partition coefficient (Wildman–Crippen LogP) is 1.56.